The van der Waals surface area contributed by atoms with Crippen molar-refractivity contribution in [2.24, 2.45) is 5.41 Å². The number of halogens is 3. The van der Waals surface area contributed by atoms with Gasteiger partial charge < -0.3 is 5.11 Å². The Morgan fingerprint density at radius 2 is 1.24 bits per heavy atom. The van der Waals surface area contributed by atoms with E-state index in [4.69, 9.17) is 5.11 Å². The van der Waals surface area contributed by atoms with E-state index < -0.39 is 17.0 Å². The maximum Gasteiger partial charge on any atom is 0.286 e. The Bertz CT molecular complexity index is 221. The van der Waals surface area contributed by atoms with Gasteiger partial charge in [0.2, 0.25) is 0 Å². The van der Waals surface area contributed by atoms with E-state index in [9.17, 15) is 13.2 Å². The van der Waals surface area contributed by atoms with Crippen molar-refractivity contribution in [3.05, 3.63) is 0 Å². The van der Waals surface area contributed by atoms with Crippen LogP contribution < -0.4 is 0 Å². The van der Waals surface area contributed by atoms with Gasteiger partial charge in [-0.15, -0.1) is 0 Å². The van der Waals surface area contributed by atoms with Crippen molar-refractivity contribution in [3.8, 4) is 0 Å². The van der Waals surface area contributed by atoms with Crippen LogP contribution >= 0.6 is 0 Å². The summed E-state index contributed by atoms with van der Waals surface area (Å²) < 4.78 is 43.4. The van der Waals surface area contributed by atoms with E-state index in [0.29, 0.717) is 0 Å². The smallest absolute Gasteiger partial charge is 0.286 e. The molecule has 0 fully saturated rings. The number of hydrogen-bond acceptors (Lipinski definition) is 1. The molecule has 17 heavy (non-hydrogen) atoms. The molecular formula is C13H25F3O. The predicted molar refractivity (Wildman–Crippen MR) is 64.1 cm³/mol. The minimum Gasteiger partial charge on any atom is -0.396 e. The van der Waals surface area contributed by atoms with Crippen LogP contribution in [0.15, 0.2) is 0 Å². The van der Waals surface area contributed by atoms with Gasteiger partial charge in [0.25, 0.3) is 5.92 Å². The Balaban J connectivity index is 5.47. The van der Waals surface area contributed by atoms with Gasteiger partial charge in [-0.3, -0.25) is 0 Å². The third kappa shape index (κ3) is 2.61. The summed E-state index contributed by atoms with van der Waals surface area (Å²) in [5.74, 6) is -3.41. The molecule has 0 aliphatic rings. The zero-order valence-corrected chi connectivity index (χ0v) is 11.3. The second kappa shape index (κ2) is 6.07. The lowest BCUT2D eigenvalue weighted by atomic mass is 9.67. The van der Waals surface area contributed by atoms with Crippen molar-refractivity contribution in [1.29, 1.82) is 0 Å². The minimum atomic E-state index is -3.41. The van der Waals surface area contributed by atoms with Gasteiger partial charge in [-0.05, 0) is 32.1 Å². The van der Waals surface area contributed by atoms with Gasteiger partial charge in [-0.25, -0.2) is 13.2 Å². The Hall–Kier alpha value is -0.250. The molecule has 0 aliphatic heterocycles. The number of aliphatic hydroxyl groups is 1. The fourth-order valence-electron chi connectivity index (χ4n) is 2.59. The first kappa shape index (κ1) is 16.8. The lowest BCUT2D eigenvalue weighted by Crippen LogP contribution is -2.55. The molecule has 0 unspecified atom stereocenters. The van der Waals surface area contributed by atoms with Crippen molar-refractivity contribution in [1.82, 2.24) is 0 Å². The molecule has 0 aromatic carbocycles. The maximum atomic E-state index is 14.5. The first-order valence-electron chi connectivity index (χ1n) is 6.48. The fraction of sp³-hybridized carbons (Fsp3) is 1.00. The van der Waals surface area contributed by atoms with E-state index >= 15 is 0 Å². The average Bonchev–Trinajstić information content (AvgIpc) is 2.34. The molecule has 1 nitrogen and oxygen atoms in total. The lowest BCUT2D eigenvalue weighted by Gasteiger charge is -2.46. The van der Waals surface area contributed by atoms with Crippen LogP contribution in [-0.2, 0) is 0 Å². The molecule has 1 N–H and O–H groups in total. The van der Waals surface area contributed by atoms with Gasteiger partial charge in [-0.2, -0.15) is 0 Å². The van der Waals surface area contributed by atoms with Gasteiger partial charge in [0.15, 0.2) is 5.67 Å². The molecular weight excluding hydrogens is 229 g/mol. The highest BCUT2D eigenvalue weighted by Gasteiger charge is 2.63. The maximum absolute atomic E-state index is 14.5. The first-order chi connectivity index (χ1) is 7.80. The quantitative estimate of drug-likeness (QED) is 0.683. The number of alkyl halides is 3. The number of hydrogen-bond donors (Lipinski definition) is 1. The Morgan fingerprint density at radius 1 is 0.824 bits per heavy atom. The van der Waals surface area contributed by atoms with Crippen molar-refractivity contribution >= 4 is 0 Å². The highest BCUT2D eigenvalue weighted by Crippen LogP contribution is 2.54. The Morgan fingerprint density at radius 3 is 1.47 bits per heavy atom. The molecule has 4 heteroatoms. The summed E-state index contributed by atoms with van der Waals surface area (Å²) in [7, 11) is 0. The number of rotatable bonds is 8. The molecule has 0 bridgehead atoms. The third-order valence-electron chi connectivity index (χ3n) is 4.29. The Kier molecular flexibility index (Phi) is 5.99. The molecule has 0 amide bonds. The molecule has 0 radical (unpaired) electrons. The average molecular weight is 254 g/mol. The second-order valence-corrected chi connectivity index (χ2v) is 4.71. The van der Waals surface area contributed by atoms with Crippen molar-refractivity contribution in [2.45, 2.75) is 71.4 Å². The Labute approximate surface area is 102 Å². The molecule has 0 saturated carbocycles. The molecule has 0 rings (SSSR count). The molecule has 0 atom stereocenters. The summed E-state index contributed by atoms with van der Waals surface area (Å²) in [5, 5.41) is 8.98. The predicted octanol–water partition coefficient (Wildman–Crippen LogP) is 4.34. The molecule has 0 heterocycles. The van der Waals surface area contributed by atoms with E-state index in [1.165, 1.54) is 13.8 Å². The van der Waals surface area contributed by atoms with Crippen LogP contribution in [0.2, 0.25) is 0 Å². The van der Waals surface area contributed by atoms with E-state index in [0.717, 1.165) is 0 Å². The van der Waals surface area contributed by atoms with E-state index in [1.807, 2.05) is 0 Å². The topological polar surface area (TPSA) is 20.2 Å². The van der Waals surface area contributed by atoms with Crippen LogP contribution in [0.4, 0.5) is 13.2 Å². The summed E-state index contributed by atoms with van der Waals surface area (Å²) in [4.78, 5) is 0. The van der Waals surface area contributed by atoms with Crippen molar-refractivity contribution < 1.29 is 18.3 Å². The first-order valence-corrected chi connectivity index (χ1v) is 6.48. The molecule has 0 aromatic heterocycles. The van der Waals surface area contributed by atoms with Gasteiger partial charge >= 0.3 is 0 Å². The van der Waals surface area contributed by atoms with Crippen LogP contribution in [0.25, 0.3) is 0 Å². The van der Waals surface area contributed by atoms with Crippen LogP contribution in [0.5, 0.6) is 0 Å². The standard InChI is InChI=1S/C13H25F3O/c1-5-11(6-2,9-10-17)13(15,16)12(14,7-3)8-4/h17H,5-10H2,1-4H3. The SMILES string of the molecule is CCC(F)(CC)C(F)(F)C(CC)(CC)CCO. The van der Waals surface area contributed by atoms with E-state index in [-0.39, 0.29) is 38.7 Å². The zero-order valence-electron chi connectivity index (χ0n) is 11.3. The van der Waals surface area contributed by atoms with E-state index in [1.54, 1.807) is 13.8 Å². The monoisotopic (exact) mass is 254 g/mol. The zero-order chi connectivity index (χ0) is 13.7. The van der Waals surface area contributed by atoms with Gasteiger partial charge in [0.05, 0.1) is 0 Å². The highest BCUT2D eigenvalue weighted by molar-refractivity contribution is 5.03. The highest BCUT2D eigenvalue weighted by atomic mass is 19.3. The van der Waals surface area contributed by atoms with Crippen molar-refractivity contribution in [3.63, 3.8) is 0 Å². The molecule has 0 saturated heterocycles. The third-order valence-corrected chi connectivity index (χ3v) is 4.29. The normalized spacial score (nSPS) is 14.1. The molecule has 0 spiro atoms. The summed E-state index contributed by atoms with van der Waals surface area (Å²) in [6.07, 6.45) is -0.127. The van der Waals surface area contributed by atoms with Crippen LogP contribution in [0.3, 0.4) is 0 Å². The fourth-order valence-corrected chi connectivity index (χ4v) is 2.59. The van der Waals surface area contributed by atoms with Gasteiger partial charge in [0, 0.05) is 12.0 Å². The second-order valence-electron chi connectivity index (χ2n) is 4.71. The minimum absolute atomic E-state index is 0.0569. The largest absolute Gasteiger partial charge is 0.396 e. The van der Waals surface area contributed by atoms with Crippen LogP contribution in [-0.4, -0.2) is 23.3 Å². The lowest BCUT2D eigenvalue weighted by molar-refractivity contribution is -0.227. The summed E-state index contributed by atoms with van der Waals surface area (Å²) in [5.41, 5.74) is -3.92. The number of aliphatic hydroxyl groups excluding tert-OH is 1. The van der Waals surface area contributed by atoms with Crippen molar-refractivity contribution in [2.75, 3.05) is 6.61 Å². The summed E-state index contributed by atoms with van der Waals surface area (Å²) >= 11 is 0. The van der Waals surface area contributed by atoms with Crippen LogP contribution in [0.1, 0.15) is 59.8 Å². The summed E-state index contributed by atoms with van der Waals surface area (Å²) in [6.45, 7) is 5.84. The summed E-state index contributed by atoms with van der Waals surface area (Å²) in [6, 6.07) is 0. The molecule has 0 aliphatic carbocycles. The van der Waals surface area contributed by atoms with Gasteiger partial charge in [-0.1, -0.05) is 27.7 Å². The van der Waals surface area contributed by atoms with E-state index in [2.05, 4.69) is 0 Å². The molecule has 0 aromatic rings. The van der Waals surface area contributed by atoms with Gasteiger partial charge in [0.1, 0.15) is 0 Å². The van der Waals surface area contributed by atoms with Crippen LogP contribution in [0, 0.1) is 5.41 Å². The molecule has 104 valence electrons.